The summed E-state index contributed by atoms with van der Waals surface area (Å²) in [7, 11) is 4.70. The standard InChI is InChI=1S/C27H25ClN2O5/c1-17-11-21(28)6-8-23(17)30-27(31)19(15-29)12-18-5-9-25(26(13-18)34-4)35-16-20-14-22(32-2)7-10-24(20)33-3/h5-14H,16H2,1-4H3,(H,30,31)/b19-12+. The molecule has 3 aromatic carbocycles. The van der Waals surface area contributed by atoms with Crippen molar-refractivity contribution >= 4 is 29.3 Å². The number of halogens is 1. The topological polar surface area (TPSA) is 89.8 Å². The molecule has 0 aromatic heterocycles. The van der Waals surface area contributed by atoms with Gasteiger partial charge in [-0.1, -0.05) is 17.7 Å². The molecule has 0 radical (unpaired) electrons. The fraction of sp³-hybridized carbons (Fsp3) is 0.185. The number of nitriles is 1. The summed E-state index contributed by atoms with van der Waals surface area (Å²) >= 11 is 5.97. The van der Waals surface area contributed by atoms with Crippen LogP contribution in [0.1, 0.15) is 16.7 Å². The van der Waals surface area contributed by atoms with E-state index in [4.69, 9.17) is 30.5 Å². The van der Waals surface area contributed by atoms with Crippen molar-refractivity contribution in [3.05, 3.63) is 81.9 Å². The minimum absolute atomic E-state index is 0.0591. The smallest absolute Gasteiger partial charge is 0.266 e. The van der Waals surface area contributed by atoms with Crippen LogP contribution in [-0.2, 0) is 11.4 Å². The fourth-order valence-corrected chi connectivity index (χ4v) is 3.54. The van der Waals surface area contributed by atoms with Crippen molar-refractivity contribution < 1.29 is 23.7 Å². The predicted molar refractivity (Wildman–Crippen MR) is 135 cm³/mol. The lowest BCUT2D eigenvalue weighted by Gasteiger charge is -2.14. The number of nitrogens with one attached hydrogen (secondary N) is 1. The number of ether oxygens (including phenoxy) is 4. The largest absolute Gasteiger partial charge is 0.497 e. The van der Waals surface area contributed by atoms with Gasteiger partial charge in [0.25, 0.3) is 5.91 Å². The lowest BCUT2D eigenvalue weighted by Crippen LogP contribution is -2.14. The number of amides is 1. The monoisotopic (exact) mass is 492 g/mol. The van der Waals surface area contributed by atoms with Gasteiger partial charge in [0.2, 0.25) is 0 Å². The van der Waals surface area contributed by atoms with Gasteiger partial charge in [0, 0.05) is 16.3 Å². The third kappa shape index (κ3) is 6.46. The van der Waals surface area contributed by atoms with E-state index in [0.717, 1.165) is 11.1 Å². The Morgan fingerprint density at radius 3 is 2.37 bits per heavy atom. The Balaban J connectivity index is 1.79. The van der Waals surface area contributed by atoms with E-state index in [1.54, 1.807) is 56.7 Å². The number of nitrogens with zero attached hydrogens (tertiary/aromatic N) is 1. The van der Waals surface area contributed by atoms with Crippen LogP contribution in [0, 0.1) is 18.3 Å². The first-order valence-electron chi connectivity index (χ1n) is 10.6. The molecule has 0 aliphatic rings. The molecule has 3 rings (SSSR count). The number of benzene rings is 3. The molecule has 0 saturated heterocycles. The van der Waals surface area contributed by atoms with Crippen LogP contribution in [0.4, 0.5) is 5.69 Å². The maximum absolute atomic E-state index is 12.7. The van der Waals surface area contributed by atoms with Gasteiger partial charge in [-0.3, -0.25) is 4.79 Å². The summed E-state index contributed by atoms with van der Waals surface area (Å²) in [5.41, 5.74) is 2.72. The van der Waals surface area contributed by atoms with Gasteiger partial charge in [-0.25, -0.2) is 0 Å². The molecule has 0 aliphatic carbocycles. The van der Waals surface area contributed by atoms with Crippen molar-refractivity contribution in [3.63, 3.8) is 0 Å². The van der Waals surface area contributed by atoms with Crippen LogP contribution < -0.4 is 24.3 Å². The SMILES string of the molecule is COc1ccc(OC)c(COc2ccc(/C=C(\C#N)C(=O)Nc3ccc(Cl)cc3C)cc2OC)c1. The Morgan fingerprint density at radius 1 is 0.971 bits per heavy atom. The van der Waals surface area contributed by atoms with E-state index >= 15 is 0 Å². The first kappa shape index (κ1) is 25.5. The van der Waals surface area contributed by atoms with Gasteiger partial charge in [-0.05, 0) is 72.7 Å². The molecule has 0 atom stereocenters. The zero-order valence-corrected chi connectivity index (χ0v) is 20.6. The highest BCUT2D eigenvalue weighted by Crippen LogP contribution is 2.32. The minimum Gasteiger partial charge on any atom is -0.497 e. The van der Waals surface area contributed by atoms with Crippen LogP contribution in [0.25, 0.3) is 6.08 Å². The number of carbonyl (C=O) groups excluding carboxylic acids is 1. The number of aryl methyl sites for hydroxylation is 1. The van der Waals surface area contributed by atoms with Crippen LogP contribution >= 0.6 is 11.6 Å². The van der Waals surface area contributed by atoms with Crippen molar-refractivity contribution in [1.29, 1.82) is 5.26 Å². The van der Waals surface area contributed by atoms with Crippen LogP contribution in [0.2, 0.25) is 5.02 Å². The zero-order chi connectivity index (χ0) is 25.4. The van der Waals surface area contributed by atoms with Crippen LogP contribution in [0.15, 0.2) is 60.2 Å². The molecule has 0 saturated carbocycles. The number of hydrogen-bond acceptors (Lipinski definition) is 6. The second kappa shape index (κ2) is 11.8. The summed E-state index contributed by atoms with van der Waals surface area (Å²) in [5, 5.41) is 12.9. The van der Waals surface area contributed by atoms with E-state index < -0.39 is 5.91 Å². The lowest BCUT2D eigenvalue weighted by molar-refractivity contribution is -0.112. The maximum atomic E-state index is 12.7. The van der Waals surface area contributed by atoms with Crippen LogP contribution in [0.5, 0.6) is 23.0 Å². The van der Waals surface area contributed by atoms with E-state index in [9.17, 15) is 10.1 Å². The van der Waals surface area contributed by atoms with Gasteiger partial charge in [0.05, 0.1) is 21.3 Å². The Kier molecular flexibility index (Phi) is 8.60. The van der Waals surface area contributed by atoms with E-state index in [1.807, 2.05) is 25.1 Å². The average Bonchev–Trinajstić information content (AvgIpc) is 2.87. The molecule has 7 nitrogen and oxygen atoms in total. The predicted octanol–water partition coefficient (Wildman–Crippen LogP) is 5.80. The van der Waals surface area contributed by atoms with Gasteiger partial charge < -0.3 is 24.3 Å². The highest BCUT2D eigenvalue weighted by atomic mass is 35.5. The molecule has 0 heterocycles. The van der Waals surface area contributed by atoms with E-state index in [0.29, 0.717) is 39.3 Å². The number of carbonyl (C=O) groups is 1. The summed E-state index contributed by atoms with van der Waals surface area (Å²) in [6.07, 6.45) is 1.48. The third-order valence-corrected chi connectivity index (χ3v) is 5.41. The van der Waals surface area contributed by atoms with Gasteiger partial charge in [0.1, 0.15) is 29.7 Å². The van der Waals surface area contributed by atoms with Crippen molar-refractivity contribution in [2.24, 2.45) is 0 Å². The van der Waals surface area contributed by atoms with Crippen molar-refractivity contribution in [1.82, 2.24) is 0 Å². The van der Waals surface area contributed by atoms with Crippen molar-refractivity contribution in [2.75, 3.05) is 26.6 Å². The third-order valence-electron chi connectivity index (χ3n) is 5.17. The van der Waals surface area contributed by atoms with Crippen LogP contribution in [0.3, 0.4) is 0 Å². The molecular formula is C27H25ClN2O5. The second-order valence-electron chi connectivity index (χ2n) is 7.46. The molecule has 180 valence electrons. The summed E-state index contributed by atoms with van der Waals surface area (Å²) in [6.45, 7) is 2.04. The molecule has 8 heteroatoms. The molecule has 1 N–H and O–H groups in total. The highest BCUT2D eigenvalue weighted by molar-refractivity contribution is 6.30. The molecule has 3 aromatic rings. The number of methoxy groups -OCH3 is 3. The van der Waals surface area contributed by atoms with Gasteiger partial charge >= 0.3 is 0 Å². The average molecular weight is 493 g/mol. The summed E-state index contributed by atoms with van der Waals surface area (Å²) in [5.74, 6) is 1.78. The van der Waals surface area contributed by atoms with Crippen molar-refractivity contribution in [2.45, 2.75) is 13.5 Å². The zero-order valence-electron chi connectivity index (χ0n) is 19.8. The first-order chi connectivity index (χ1) is 16.9. The Morgan fingerprint density at radius 2 is 1.71 bits per heavy atom. The number of rotatable bonds is 9. The molecule has 0 unspecified atom stereocenters. The highest BCUT2D eigenvalue weighted by Gasteiger charge is 2.13. The van der Waals surface area contributed by atoms with E-state index in [1.165, 1.54) is 13.2 Å². The summed E-state index contributed by atoms with van der Waals surface area (Å²) < 4.78 is 22.1. The molecule has 0 spiro atoms. The minimum atomic E-state index is -0.526. The molecule has 0 fully saturated rings. The van der Waals surface area contributed by atoms with Gasteiger partial charge in [-0.15, -0.1) is 0 Å². The molecule has 1 amide bonds. The quantitative estimate of drug-likeness (QED) is 0.300. The van der Waals surface area contributed by atoms with Gasteiger partial charge in [0.15, 0.2) is 11.5 Å². The lowest BCUT2D eigenvalue weighted by atomic mass is 10.1. The maximum Gasteiger partial charge on any atom is 0.266 e. The van der Waals surface area contributed by atoms with E-state index in [-0.39, 0.29) is 12.2 Å². The Bertz CT molecular complexity index is 1300. The normalized spacial score (nSPS) is 10.8. The molecular weight excluding hydrogens is 468 g/mol. The first-order valence-corrected chi connectivity index (χ1v) is 11.0. The second-order valence-corrected chi connectivity index (χ2v) is 7.90. The molecule has 0 bridgehead atoms. The number of anilines is 1. The number of hydrogen-bond donors (Lipinski definition) is 1. The summed E-state index contributed by atoms with van der Waals surface area (Å²) in [6, 6.07) is 17.6. The fourth-order valence-electron chi connectivity index (χ4n) is 3.32. The summed E-state index contributed by atoms with van der Waals surface area (Å²) in [4.78, 5) is 12.7. The Hall–Kier alpha value is -4.15. The molecule has 35 heavy (non-hydrogen) atoms. The van der Waals surface area contributed by atoms with E-state index in [2.05, 4.69) is 5.32 Å². The van der Waals surface area contributed by atoms with Gasteiger partial charge in [-0.2, -0.15) is 5.26 Å². The Labute approximate surface area is 209 Å². The van der Waals surface area contributed by atoms with Crippen molar-refractivity contribution in [3.8, 4) is 29.1 Å². The molecule has 0 aliphatic heterocycles. The van der Waals surface area contributed by atoms with Crippen LogP contribution in [-0.4, -0.2) is 27.2 Å².